The molecule has 0 radical (unpaired) electrons. The van der Waals surface area contributed by atoms with Gasteiger partial charge in [-0.1, -0.05) is 24.3 Å². The molecule has 3 aromatic rings. The lowest BCUT2D eigenvalue weighted by atomic mass is 10.2. The number of anilines is 1. The molecule has 26 heavy (non-hydrogen) atoms. The molecule has 3 rings (SSSR count). The molecule has 0 saturated heterocycles. The van der Waals surface area contributed by atoms with E-state index in [1.165, 1.54) is 0 Å². The number of nitrogens with one attached hydrogen (secondary N) is 1. The largest absolute Gasteiger partial charge is 0.492 e. The zero-order valence-corrected chi connectivity index (χ0v) is 14.4. The summed E-state index contributed by atoms with van der Waals surface area (Å²) in [6.45, 7) is 4.13. The second-order valence-electron chi connectivity index (χ2n) is 5.55. The van der Waals surface area contributed by atoms with Crippen LogP contribution in [0, 0.1) is 0 Å². The van der Waals surface area contributed by atoms with Crippen LogP contribution in [0.4, 0.5) is 5.82 Å². The average molecular weight is 349 g/mol. The normalized spacial score (nSPS) is 10.3. The van der Waals surface area contributed by atoms with Gasteiger partial charge < -0.3 is 14.6 Å². The van der Waals surface area contributed by atoms with Crippen molar-refractivity contribution in [2.75, 3.05) is 11.9 Å². The quantitative estimate of drug-likeness (QED) is 0.524. The number of carbonyl (C=O) groups excluding carboxylic acids is 1. The highest BCUT2D eigenvalue weighted by Crippen LogP contribution is 2.21. The molecule has 0 aliphatic heterocycles. The second kappa shape index (κ2) is 8.06. The summed E-state index contributed by atoms with van der Waals surface area (Å²) in [4.78, 5) is 17.1. The number of nitrogens with zero attached hydrogens (tertiary/aromatic N) is 4. The summed E-state index contributed by atoms with van der Waals surface area (Å²) in [5, 5.41) is 10.7. The lowest BCUT2D eigenvalue weighted by Crippen LogP contribution is -2.15. The predicted octanol–water partition coefficient (Wildman–Crippen LogP) is 3.08. The summed E-state index contributed by atoms with van der Waals surface area (Å²) in [5.74, 6) is 1.28. The van der Waals surface area contributed by atoms with Gasteiger partial charge in [-0.2, -0.15) is 0 Å². The van der Waals surface area contributed by atoms with Crippen molar-refractivity contribution >= 4 is 11.7 Å². The van der Waals surface area contributed by atoms with Crippen LogP contribution in [0.2, 0.25) is 0 Å². The van der Waals surface area contributed by atoms with Crippen molar-refractivity contribution in [1.29, 1.82) is 0 Å². The van der Waals surface area contributed by atoms with Gasteiger partial charge >= 0.3 is 0 Å². The first kappa shape index (κ1) is 17.3. The van der Waals surface area contributed by atoms with Gasteiger partial charge in [-0.3, -0.25) is 4.79 Å². The van der Waals surface area contributed by atoms with Crippen molar-refractivity contribution in [2.24, 2.45) is 7.05 Å². The van der Waals surface area contributed by atoms with Gasteiger partial charge in [0.15, 0.2) is 5.82 Å². The summed E-state index contributed by atoms with van der Waals surface area (Å²) in [5.41, 5.74) is 1.07. The molecule has 0 atom stereocenters. The molecule has 0 aliphatic carbocycles. The first-order chi connectivity index (χ1) is 12.7. The van der Waals surface area contributed by atoms with Crippen LogP contribution in [0.3, 0.4) is 0 Å². The van der Waals surface area contributed by atoms with Crippen LogP contribution in [-0.4, -0.2) is 32.3 Å². The Kier molecular flexibility index (Phi) is 5.38. The molecule has 1 N–H and O–H groups in total. The third-order valence-corrected chi connectivity index (χ3v) is 3.64. The molecular weight excluding hydrogens is 330 g/mol. The van der Waals surface area contributed by atoms with E-state index in [0.717, 1.165) is 0 Å². The van der Waals surface area contributed by atoms with Crippen LogP contribution in [0.1, 0.15) is 16.8 Å². The molecule has 1 amide bonds. The fourth-order valence-electron chi connectivity index (χ4n) is 2.36. The SMILES string of the molecule is C=CCCOc1ccccc1C(=O)Nc1cccc(-c2nncn2C)n1. The minimum absolute atomic E-state index is 0.290. The number of aryl methyl sites for hydroxylation is 1. The van der Waals surface area contributed by atoms with Crippen molar-refractivity contribution < 1.29 is 9.53 Å². The van der Waals surface area contributed by atoms with Gasteiger partial charge in [0.1, 0.15) is 23.6 Å². The predicted molar refractivity (Wildman–Crippen MR) is 98.9 cm³/mol. The lowest BCUT2D eigenvalue weighted by Gasteiger charge is -2.11. The van der Waals surface area contributed by atoms with Crippen molar-refractivity contribution in [3.05, 3.63) is 67.0 Å². The maximum absolute atomic E-state index is 12.6. The van der Waals surface area contributed by atoms with Crippen LogP contribution in [0.15, 0.2) is 61.4 Å². The number of ether oxygens (including phenoxy) is 1. The first-order valence-electron chi connectivity index (χ1n) is 8.14. The third kappa shape index (κ3) is 3.94. The molecule has 7 heteroatoms. The van der Waals surface area contributed by atoms with E-state index >= 15 is 0 Å². The van der Waals surface area contributed by atoms with Gasteiger partial charge in [-0.15, -0.1) is 16.8 Å². The number of hydrogen-bond acceptors (Lipinski definition) is 5. The summed E-state index contributed by atoms with van der Waals surface area (Å²) in [7, 11) is 1.83. The van der Waals surface area contributed by atoms with Crippen LogP contribution in [0.25, 0.3) is 11.5 Å². The number of amides is 1. The third-order valence-electron chi connectivity index (χ3n) is 3.64. The molecular formula is C19H19N5O2. The Morgan fingerprint density at radius 3 is 2.88 bits per heavy atom. The molecule has 0 unspecified atom stereocenters. The Morgan fingerprint density at radius 2 is 2.12 bits per heavy atom. The standard InChI is InChI=1S/C19H19N5O2/c1-3-4-12-26-16-10-6-5-8-14(16)19(25)22-17-11-7-9-15(21-17)18-23-20-13-24(18)2/h3,5-11,13H,1,4,12H2,2H3,(H,21,22,25). The highest BCUT2D eigenvalue weighted by molar-refractivity contribution is 6.05. The zero-order valence-electron chi connectivity index (χ0n) is 14.4. The van der Waals surface area contributed by atoms with Gasteiger partial charge in [0, 0.05) is 7.05 Å². The van der Waals surface area contributed by atoms with Crippen LogP contribution < -0.4 is 10.1 Å². The van der Waals surface area contributed by atoms with E-state index in [1.807, 2.05) is 19.2 Å². The number of aromatic nitrogens is 4. The van der Waals surface area contributed by atoms with Crippen molar-refractivity contribution in [2.45, 2.75) is 6.42 Å². The Hall–Kier alpha value is -3.48. The van der Waals surface area contributed by atoms with Gasteiger partial charge in [0.2, 0.25) is 0 Å². The molecule has 132 valence electrons. The average Bonchev–Trinajstić information content (AvgIpc) is 3.08. The number of hydrogen-bond donors (Lipinski definition) is 1. The van der Waals surface area contributed by atoms with E-state index in [9.17, 15) is 4.79 Å². The van der Waals surface area contributed by atoms with E-state index in [1.54, 1.807) is 47.3 Å². The Bertz CT molecular complexity index is 920. The summed E-state index contributed by atoms with van der Waals surface area (Å²) in [6, 6.07) is 12.4. The smallest absolute Gasteiger partial charge is 0.260 e. The monoisotopic (exact) mass is 349 g/mol. The highest BCUT2D eigenvalue weighted by atomic mass is 16.5. The molecule has 0 aliphatic rings. The van der Waals surface area contributed by atoms with Crippen LogP contribution in [-0.2, 0) is 7.05 Å². The molecule has 0 saturated carbocycles. The number of rotatable bonds is 7. The first-order valence-corrected chi connectivity index (χ1v) is 8.14. The van der Waals surface area contributed by atoms with E-state index in [0.29, 0.717) is 41.7 Å². The number of carbonyl (C=O) groups is 1. The number of benzene rings is 1. The molecule has 0 spiro atoms. The Morgan fingerprint density at radius 1 is 1.27 bits per heavy atom. The Labute approximate surface area is 151 Å². The summed E-state index contributed by atoms with van der Waals surface area (Å²) >= 11 is 0. The molecule has 0 bridgehead atoms. The fourth-order valence-corrected chi connectivity index (χ4v) is 2.36. The molecule has 1 aromatic carbocycles. The molecule has 0 fully saturated rings. The minimum atomic E-state index is -0.290. The zero-order chi connectivity index (χ0) is 18.4. The maximum atomic E-state index is 12.6. The number of para-hydroxylation sites is 1. The Balaban J connectivity index is 1.79. The van der Waals surface area contributed by atoms with Gasteiger partial charge in [-0.25, -0.2) is 4.98 Å². The maximum Gasteiger partial charge on any atom is 0.260 e. The fraction of sp³-hybridized carbons (Fsp3) is 0.158. The highest BCUT2D eigenvalue weighted by Gasteiger charge is 2.14. The van der Waals surface area contributed by atoms with Gasteiger partial charge in [0.05, 0.1) is 12.2 Å². The van der Waals surface area contributed by atoms with E-state index < -0.39 is 0 Å². The topological polar surface area (TPSA) is 81.9 Å². The van der Waals surface area contributed by atoms with Crippen LogP contribution in [0.5, 0.6) is 5.75 Å². The molecule has 7 nitrogen and oxygen atoms in total. The van der Waals surface area contributed by atoms with Crippen molar-refractivity contribution in [1.82, 2.24) is 19.7 Å². The van der Waals surface area contributed by atoms with Gasteiger partial charge in [-0.05, 0) is 30.7 Å². The molecule has 2 heterocycles. The second-order valence-corrected chi connectivity index (χ2v) is 5.55. The van der Waals surface area contributed by atoms with E-state index in [4.69, 9.17) is 4.74 Å². The van der Waals surface area contributed by atoms with Crippen molar-refractivity contribution in [3.63, 3.8) is 0 Å². The van der Waals surface area contributed by atoms with Crippen LogP contribution >= 0.6 is 0 Å². The summed E-state index contributed by atoms with van der Waals surface area (Å²) < 4.78 is 7.42. The summed E-state index contributed by atoms with van der Waals surface area (Å²) in [6.07, 6.45) is 4.07. The molecule has 2 aromatic heterocycles. The van der Waals surface area contributed by atoms with E-state index in [-0.39, 0.29) is 5.91 Å². The van der Waals surface area contributed by atoms with E-state index in [2.05, 4.69) is 27.1 Å². The van der Waals surface area contributed by atoms with Crippen molar-refractivity contribution in [3.8, 4) is 17.3 Å². The number of pyridine rings is 1. The lowest BCUT2D eigenvalue weighted by molar-refractivity contribution is 0.102. The van der Waals surface area contributed by atoms with Gasteiger partial charge in [0.25, 0.3) is 5.91 Å². The minimum Gasteiger partial charge on any atom is -0.492 e.